The summed E-state index contributed by atoms with van der Waals surface area (Å²) in [6, 6.07) is 15.3. The molecule has 1 aliphatic rings. The van der Waals surface area contributed by atoms with E-state index in [9.17, 15) is 27.6 Å². The third-order valence-electron chi connectivity index (χ3n) is 6.62. The van der Waals surface area contributed by atoms with Gasteiger partial charge in [-0.05, 0) is 50.2 Å². The van der Waals surface area contributed by atoms with Crippen molar-refractivity contribution in [3.8, 4) is 5.75 Å². The Hall–Kier alpha value is -5.28. The van der Waals surface area contributed by atoms with Gasteiger partial charge in [0.1, 0.15) is 24.2 Å². The van der Waals surface area contributed by atoms with Crippen molar-refractivity contribution in [3.05, 3.63) is 83.4 Å². The molecule has 0 saturated carbocycles. The van der Waals surface area contributed by atoms with Crippen LogP contribution in [0.5, 0.6) is 5.75 Å². The van der Waals surface area contributed by atoms with E-state index in [-0.39, 0.29) is 35.4 Å². The molecule has 3 aromatic carbocycles. The van der Waals surface area contributed by atoms with E-state index >= 15 is 0 Å². The third-order valence-corrected chi connectivity index (χ3v) is 8.11. The zero-order valence-electron chi connectivity index (χ0n) is 24.5. The first kappa shape index (κ1) is 32.6. The molecule has 236 valence electrons. The van der Waals surface area contributed by atoms with Crippen LogP contribution >= 0.6 is 0 Å². The zero-order valence-corrected chi connectivity index (χ0v) is 25.3. The summed E-state index contributed by atoms with van der Waals surface area (Å²) >= 11 is 0. The minimum absolute atomic E-state index is 0.0107. The van der Waals surface area contributed by atoms with Gasteiger partial charge in [-0.25, -0.2) is 8.42 Å². The Morgan fingerprint density at radius 1 is 1.04 bits per heavy atom. The van der Waals surface area contributed by atoms with E-state index in [1.165, 1.54) is 47.4 Å². The van der Waals surface area contributed by atoms with Crippen molar-refractivity contribution in [1.82, 2.24) is 10.0 Å². The summed E-state index contributed by atoms with van der Waals surface area (Å²) in [6.45, 7) is 2.09. The molecule has 6 N–H and O–H groups in total. The molecule has 3 amide bonds. The highest BCUT2D eigenvalue weighted by atomic mass is 32.2. The van der Waals surface area contributed by atoms with E-state index in [1.807, 2.05) is 0 Å². The van der Waals surface area contributed by atoms with Gasteiger partial charge in [0.2, 0.25) is 15.9 Å². The molecular weight excluding hydrogens is 604 g/mol. The molecule has 4 rings (SSSR count). The Morgan fingerprint density at radius 3 is 2.36 bits per heavy atom. The molecule has 1 atom stereocenters. The van der Waals surface area contributed by atoms with Crippen LogP contribution in [0.2, 0.25) is 0 Å². The summed E-state index contributed by atoms with van der Waals surface area (Å²) in [7, 11) is -4.13. The van der Waals surface area contributed by atoms with Crippen LogP contribution in [0.1, 0.15) is 28.4 Å². The van der Waals surface area contributed by atoms with Crippen molar-refractivity contribution in [2.75, 3.05) is 36.5 Å². The molecule has 14 nitrogen and oxygen atoms in total. The Bertz CT molecular complexity index is 1730. The lowest BCUT2D eigenvalue weighted by atomic mass is 10.1. The maximum Gasteiger partial charge on any atom is 0.326 e. The highest BCUT2D eigenvalue weighted by molar-refractivity contribution is 7.89. The number of aryl methyl sites for hydroxylation is 1. The summed E-state index contributed by atoms with van der Waals surface area (Å²) in [6.07, 6.45) is 0. The van der Waals surface area contributed by atoms with Crippen molar-refractivity contribution in [1.29, 1.82) is 5.41 Å². The average molecular weight is 637 g/mol. The van der Waals surface area contributed by atoms with Crippen LogP contribution in [0.3, 0.4) is 0 Å². The summed E-state index contributed by atoms with van der Waals surface area (Å²) in [5, 5.41) is 12.7. The van der Waals surface area contributed by atoms with E-state index in [2.05, 4.69) is 15.4 Å². The predicted octanol–water partition coefficient (Wildman–Crippen LogP) is 1.28. The Balaban J connectivity index is 1.42. The number of carbonyl (C=O) groups is 4. The number of sulfonamides is 1. The number of carbonyl (C=O) groups excluding carboxylic acids is 4. The number of nitrogen functional groups attached to an aromatic ring is 1. The molecule has 0 saturated heterocycles. The second-order valence-corrected chi connectivity index (χ2v) is 11.7. The first-order chi connectivity index (χ1) is 21.4. The van der Waals surface area contributed by atoms with Crippen molar-refractivity contribution < 1.29 is 37.1 Å². The lowest BCUT2D eigenvalue weighted by molar-refractivity contribution is -0.145. The molecule has 0 spiro atoms. The van der Waals surface area contributed by atoms with Gasteiger partial charge >= 0.3 is 5.97 Å². The smallest absolute Gasteiger partial charge is 0.326 e. The Kier molecular flexibility index (Phi) is 10.2. The maximum atomic E-state index is 12.9. The molecule has 1 heterocycles. The van der Waals surface area contributed by atoms with Gasteiger partial charge in [-0.3, -0.25) is 29.5 Å². The van der Waals surface area contributed by atoms with Crippen LogP contribution in [-0.4, -0.2) is 70.3 Å². The van der Waals surface area contributed by atoms with Crippen LogP contribution in [0.4, 0.5) is 11.4 Å². The highest BCUT2D eigenvalue weighted by Crippen LogP contribution is 2.34. The van der Waals surface area contributed by atoms with Crippen LogP contribution in [0.25, 0.3) is 0 Å². The molecule has 0 unspecified atom stereocenters. The molecule has 0 radical (unpaired) electrons. The van der Waals surface area contributed by atoms with E-state index in [0.717, 1.165) is 5.56 Å². The topological polar surface area (TPSA) is 210 Å². The number of esters is 1. The van der Waals surface area contributed by atoms with Crippen LogP contribution in [-0.2, 0) is 29.1 Å². The van der Waals surface area contributed by atoms with Crippen LogP contribution in [0, 0.1) is 12.3 Å². The van der Waals surface area contributed by atoms with Gasteiger partial charge < -0.3 is 25.8 Å². The molecule has 15 heteroatoms. The van der Waals surface area contributed by atoms with Crippen molar-refractivity contribution in [2.45, 2.75) is 24.8 Å². The predicted molar refractivity (Wildman–Crippen MR) is 165 cm³/mol. The van der Waals surface area contributed by atoms with Crippen LogP contribution < -0.4 is 30.7 Å². The van der Waals surface area contributed by atoms with Gasteiger partial charge in [0.15, 0.2) is 6.61 Å². The fourth-order valence-corrected chi connectivity index (χ4v) is 5.45. The van der Waals surface area contributed by atoms with E-state index < -0.39 is 52.8 Å². The molecule has 0 bridgehead atoms. The van der Waals surface area contributed by atoms with Gasteiger partial charge in [-0.2, -0.15) is 4.72 Å². The van der Waals surface area contributed by atoms with Gasteiger partial charge in [0, 0.05) is 29.4 Å². The van der Waals surface area contributed by atoms with Crippen molar-refractivity contribution in [2.24, 2.45) is 5.73 Å². The normalized spacial score (nSPS) is 13.2. The van der Waals surface area contributed by atoms with Gasteiger partial charge in [-0.1, -0.05) is 29.8 Å². The zero-order chi connectivity index (χ0) is 32.7. The largest absolute Gasteiger partial charge is 0.481 e. The summed E-state index contributed by atoms with van der Waals surface area (Å²) in [5.74, 6) is -2.38. The van der Waals surface area contributed by atoms with Gasteiger partial charge in [-0.15, -0.1) is 0 Å². The minimum atomic E-state index is -4.13. The first-order valence-electron chi connectivity index (χ1n) is 13.7. The lowest BCUT2D eigenvalue weighted by Crippen LogP contribution is -2.51. The fourth-order valence-electron chi connectivity index (χ4n) is 4.26. The molecule has 1 aliphatic heterocycles. The number of benzene rings is 3. The molecule has 0 fully saturated rings. The number of ether oxygens (including phenoxy) is 2. The van der Waals surface area contributed by atoms with Gasteiger partial charge in [0.25, 0.3) is 11.8 Å². The number of amides is 3. The number of rotatable bonds is 12. The molecule has 0 aliphatic carbocycles. The van der Waals surface area contributed by atoms with Crippen LogP contribution in [0.15, 0.2) is 71.6 Å². The van der Waals surface area contributed by atoms with E-state index in [4.69, 9.17) is 20.6 Å². The van der Waals surface area contributed by atoms with E-state index in [1.54, 1.807) is 38.1 Å². The Morgan fingerprint density at radius 2 is 1.71 bits per heavy atom. The van der Waals surface area contributed by atoms with Crippen molar-refractivity contribution >= 4 is 50.9 Å². The number of nitrogens with two attached hydrogens (primary N) is 1. The SMILES string of the molecule is CCOC(=O)[C@H](CNC(=O)CN1C(=O)COc2cc(NC(=O)c3ccc(C(=N)N)cc3)ccc21)NS(=O)(=O)c1ccc(C)cc1. The Labute approximate surface area is 259 Å². The fraction of sp³-hybridized carbons (Fsp3) is 0.233. The molecular formula is C30H32N6O8S. The van der Waals surface area contributed by atoms with Gasteiger partial charge in [0.05, 0.1) is 17.2 Å². The number of anilines is 2. The first-order valence-corrected chi connectivity index (χ1v) is 15.2. The lowest BCUT2D eigenvalue weighted by Gasteiger charge is -2.29. The summed E-state index contributed by atoms with van der Waals surface area (Å²) in [4.78, 5) is 51.9. The molecule has 0 aromatic heterocycles. The minimum Gasteiger partial charge on any atom is -0.481 e. The average Bonchev–Trinajstić information content (AvgIpc) is 3.01. The number of fused-ring (bicyclic) bond motifs is 1. The monoisotopic (exact) mass is 636 g/mol. The number of nitrogens with zero attached hydrogens (tertiary/aromatic N) is 1. The number of nitrogens with one attached hydrogen (secondary N) is 4. The summed E-state index contributed by atoms with van der Waals surface area (Å²) < 4.78 is 38.6. The standard InChI is InChI=1S/C30H32N6O8S/c1-3-43-30(40)23(35-45(41,42)22-11-4-18(2)5-12-22)15-33-26(37)16-36-24-13-10-21(14-25(24)44-17-27(36)38)34-29(39)20-8-6-19(7-9-20)28(31)32/h4-14,23,35H,3,15-17H2,1-2H3,(H3,31,32)(H,33,37)(H,34,39)/t23-/m0/s1. The third kappa shape index (κ3) is 8.21. The van der Waals surface area contributed by atoms with Crippen molar-refractivity contribution in [3.63, 3.8) is 0 Å². The number of amidine groups is 1. The summed E-state index contributed by atoms with van der Waals surface area (Å²) in [5.41, 5.74) is 7.74. The highest BCUT2D eigenvalue weighted by Gasteiger charge is 2.30. The number of hydrogen-bond donors (Lipinski definition) is 5. The number of hydrogen-bond acceptors (Lipinski definition) is 9. The maximum absolute atomic E-state index is 12.9. The second kappa shape index (κ2) is 14.0. The van der Waals surface area contributed by atoms with E-state index in [0.29, 0.717) is 16.8 Å². The second-order valence-electron chi connectivity index (χ2n) is 9.94. The molecule has 45 heavy (non-hydrogen) atoms. The quantitative estimate of drug-likeness (QED) is 0.110. The molecule has 3 aromatic rings.